The molecular weight excluding hydrogens is 479 g/mol. The van der Waals surface area contributed by atoms with Crippen LogP contribution in [0.2, 0.25) is 0 Å². The maximum atomic E-state index is 13.9. The van der Waals surface area contributed by atoms with Crippen LogP contribution < -0.4 is 15.8 Å². The Morgan fingerprint density at radius 2 is 1.88 bits per heavy atom. The van der Waals surface area contributed by atoms with Crippen molar-refractivity contribution < 1.29 is 45.1 Å². The molecule has 0 spiro atoms. The van der Waals surface area contributed by atoms with Crippen LogP contribution in [-0.2, 0) is 11.0 Å². The van der Waals surface area contributed by atoms with Crippen LogP contribution in [0.15, 0.2) is 30.5 Å². The number of urea groups is 1. The van der Waals surface area contributed by atoms with Crippen LogP contribution in [0.25, 0.3) is 0 Å². The SMILES string of the molecule is CC1([C@H](c2ccc(OC(F)(F)F)nc2)c2ccc(F)c(C(F)(F)F)n2)C(=O)NCCN1C(N)=O. The first-order chi connectivity index (χ1) is 15.6. The van der Waals surface area contributed by atoms with Gasteiger partial charge in [0.25, 0.3) is 0 Å². The average molecular weight is 495 g/mol. The number of halogens is 7. The summed E-state index contributed by atoms with van der Waals surface area (Å²) in [6.45, 7) is 1.03. The number of rotatable bonds is 4. The number of ether oxygens (including phenoxy) is 1. The Morgan fingerprint density at radius 1 is 1.21 bits per heavy atom. The average Bonchev–Trinajstić information content (AvgIpc) is 2.70. The lowest BCUT2D eigenvalue weighted by molar-refractivity contribution is -0.276. The molecule has 1 saturated heterocycles. The standard InChI is InChI=1S/C19H16F7N5O3/c1-17(15(32)28-6-7-31(17)16(27)33)13(9-2-5-12(29-8-9)34-19(24,25)26)11-4-3-10(20)14(30-11)18(21,22)23/h2-5,8,13H,6-7H2,1H3,(H2,27,33)(H,28,32)/t13-,17?/m1/s1. The molecule has 2 atom stereocenters. The Balaban J connectivity index is 2.23. The van der Waals surface area contributed by atoms with Crippen molar-refractivity contribution in [2.24, 2.45) is 5.73 Å². The van der Waals surface area contributed by atoms with Gasteiger partial charge in [0.15, 0.2) is 11.5 Å². The highest BCUT2D eigenvalue weighted by Crippen LogP contribution is 2.41. The number of carbonyl (C=O) groups is 2. The topological polar surface area (TPSA) is 110 Å². The lowest BCUT2D eigenvalue weighted by Crippen LogP contribution is -2.68. The Hall–Kier alpha value is -3.65. The van der Waals surface area contributed by atoms with E-state index in [1.165, 1.54) is 6.92 Å². The van der Waals surface area contributed by atoms with Gasteiger partial charge in [-0.3, -0.25) is 4.79 Å². The quantitative estimate of drug-likeness (QED) is 0.634. The Bertz CT molecular complexity index is 1090. The number of nitrogens with one attached hydrogen (secondary N) is 1. The van der Waals surface area contributed by atoms with Gasteiger partial charge < -0.3 is 20.7 Å². The van der Waals surface area contributed by atoms with Gasteiger partial charge in [0.05, 0.1) is 11.6 Å². The van der Waals surface area contributed by atoms with Gasteiger partial charge >= 0.3 is 18.6 Å². The van der Waals surface area contributed by atoms with Crippen LogP contribution >= 0.6 is 0 Å². The van der Waals surface area contributed by atoms with E-state index in [2.05, 4.69) is 20.0 Å². The maximum Gasteiger partial charge on any atom is 0.574 e. The van der Waals surface area contributed by atoms with Crippen molar-refractivity contribution in [1.82, 2.24) is 20.2 Å². The predicted octanol–water partition coefficient (Wildman–Crippen LogP) is 2.93. The number of alkyl halides is 6. The third-order valence-corrected chi connectivity index (χ3v) is 5.21. The minimum absolute atomic E-state index is 0.0225. The molecule has 0 aromatic carbocycles. The van der Waals surface area contributed by atoms with Crippen LogP contribution in [0.3, 0.4) is 0 Å². The molecule has 184 valence electrons. The number of hydrogen-bond acceptors (Lipinski definition) is 5. The van der Waals surface area contributed by atoms with E-state index in [9.17, 15) is 40.3 Å². The summed E-state index contributed by atoms with van der Waals surface area (Å²) in [6.07, 6.45) is -9.45. The van der Waals surface area contributed by atoms with Crippen LogP contribution in [0.1, 0.15) is 29.8 Å². The summed E-state index contributed by atoms with van der Waals surface area (Å²) in [5.74, 6) is -4.96. The second kappa shape index (κ2) is 8.61. The monoisotopic (exact) mass is 495 g/mol. The summed E-state index contributed by atoms with van der Waals surface area (Å²) in [6, 6.07) is 2.02. The lowest BCUT2D eigenvalue weighted by Gasteiger charge is -2.47. The van der Waals surface area contributed by atoms with E-state index in [0.29, 0.717) is 6.07 Å². The van der Waals surface area contributed by atoms with Gasteiger partial charge in [-0.25, -0.2) is 19.2 Å². The smallest absolute Gasteiger partial charge is 0.388 e. The zero-order chi connectivity index (χ0) is 25.5. The number of nitrogens with two attached hydrogens (primary N) is 1. The Kier molecular flexibility index (Phi) is 6.32. The van der Waals surface area contributed by atoms with Crippen molar-refractivity contribution in [3.05, 3.63) is 53.2 Å². The fourth-order valence-corrected chi connectivity index (χ4v) is 3.78. The number of primary amides is 1. The molecule has 0 radical (unpaired) electrons. The lowest BCUT2D eigenvalue weighted by atomic mass is 9.75. The number of aromatic nitrogens is 2. The Morgan fingerprint density at radius 3 is 2.41 bits per heavy atom. The van der Waals surface area contributed by atoms with Gasteiger partial charge in [0.2, 0.25) is 11.8 Å². The molecule has 1 aliphatic heterocycles. The molecule has 3 rings (SSSR count). The van der Waals surface area contributed by atoms with E-state index in [1.807, 2.05) is 0 Å². The van der Waals surface area contributed by atoms with Crippen LogP contribution in [0, 0.1) is 5.82 Å². The Labute approximate surface area is 186 Å². The third kappa shape index (κ3) is 4.82. The molecule has 0 bridgehead atoms. The molecule has 3 heterocycles. The molecule has 0 aliphatic carbocycles. The van der Waals surface area contributed by atoms with E-state index < -0.39 is 59.0 Å². The first-order valence-corrected chi connectivity index (χ1v) is 9.45. The van der Waals surface area contributed by atoms with E-state index in [4.69, 9.17) is 5.73 Å². The molecule has 1 unspecified atom stereocenters. The minimum Gasteiger partial charge on any atom is -0.388 e. The van der Waals surface area contributed by atoms with Gasteiger partial charge in [0, 0.05) is 25.4 Å². The summed E-state index contributed by atoms with van der Waals surface area (Å²) in [4.78, 5) is 32.8. The highest BCUT2D eigenvalue weighted by atomic mass is 19.4. The fraction of sp³-hybridized carbons (Fsp3) is 0.368. The summed E-state index contributed by atoms with van der Waals surface area (Å²) in [7, 11) is 0. The minimum atomic E-state index is -5.20. The van der Waals surface area contributed by atoms with Crippen molar-refractivity contribution in [2.45, 2.75) is 30.9 Å². The number of carbonyl (C=O) groups excluding carboxylic acids is 2. The fourth-order valence-electron chi connectivity index (χ4n) is 3.78. The van der Waals surface area contributed by atoms with Crippen molar-refractivity contribution in [1.29, 1.82) is 0 Å². The van der Waals surface area contributed by atoms with Crippen molar-refractivity contribution in [3.63, 3.8) is 0 Å². The van der Waals surface area contributed by atoms with Crippen molar-refractivity contribution in [3.8, 4) is 5.88 Å². The van der Waals surface area contributed by atoms with Gasteiger partial charge in [0.1, 0.15) is 5.54 Å². The zero-order valence-corrected chi connectivity index (χ0v) is 17.2. The molecule has 0 saturated carbocycles. The molecule has 1 fully saturated rings. The highest BCUT2D eigenvalue weighted by Gasteiger charge is 2.52. The number of amides is 3. The summed E-state index contributed by atoms with van der Waals surface area (Å²) >= 11 is 0. The van der Waals surface area contributed by atoms with Crippen molar-refractivity contribution >= 4 is 11.9 Å². The predicted molar refractivity (Wildman–Crippen MR) is 99.7 cm³/mol. The third-order valence-electron chi connectivity index (χ3n) is 5.21. The number of piperazine rings is 1. The van der Waals surface area contributed by atoms with Crippen LogP contribution in [-0.4, -0.2) is 51.8 Å². The van der Waals surface area contributed by atoms with Gasteiger partial charge in [-0.1, -0.05) is 6.07 Å². The molecule has 3 amide bonds. The van der Waals surface area contributed by atoms with Gasteiger partial charge in [-0.2, -0.15) is 13.2 Å². The largest absolute Gasteiger partial charge is 0.574 e. The van der Waals surface area contributed by atoms with E-state index in [1.54, 1.807) is 0 Å². The number of pyridine rings is 2. The summed E-state index contributed by atoms with van der Waals surface area (Å²) in [5.41, 5.74) is 0.883. The first-order valence-electron chi connectivity index (χ1n) is 9.45. The van der Waals surface area contributed by atoms with E-state index >= 15 is 0 Å². The normalized spacial score (nSPS) is 20.0. The number of hydrogen-bond donors (Lipinski definition) is 2. The van der Waals surface area contributed by atoms with Gasteiger partial charge in [-0.15, -0.1) is 13.2 Å². The number of nitrogens with zero attached hydrogens (tertiary/aromatic N) is 3. The van der Waals surface area contributed by atoms with Crippen LogP contribution in [0.5, 0.6) is 5.88 Å². The molecule has 3 N–H and O–H groups in total. The molecule has 8 nitrogen and oxygen atoms in total. The molecule has 2 aromatic rings. The van der Waals surface area contributed by atoms with E-state index in [-0.39, 0.29) is 18.7 Å². The summed E-state index contributed by atoms with van der Waals surface area (Å²) < 4.78 is 95.0. The maximum absolute atomic E-state index is 13.9. The zero-order valence-electron chi connectivity index (χ0n) is 17.2. The van der Waals surface area contributed by atoms with Crippen molar-refractivity contribution in [2.75, 3.05) is 13.1 Å². The van der Waals surface area contributed by atoms with Gasteiger partial charge in [-0.05, 0) is 24.6 Å². The first kappa shape index (κ1) is 25.0. The molecule has 34 heavy (non-hydrogen) atoms. The van der Waals surface area contributed by atoms with E-state index in [0.717, 1.165) is 29.3 Å². The molecular formula is C19H16F7N5O3. The van der Waals surface area contributed by atoms with Crippen LogP contribution in [0.4, 0.5) is 35.5 Å². The second-order valence-electron chi connectivity index (χ2n) is 7.37. The molecule has 15 heteroatoms. The molecule has 1 aliphatic rings. The summed E-state index contributed by atoms with van der Waals surface area (Å²) in [5, 5.41) is 2.47. The molecule has 2 aromatic heterocycles. The highest BCUT2D eigenvalue weighted by molar-refractivity contribution is 5.93. The second-order valence-corrected chi connectivity index (χ2v) is 7.37.